The van der Waals surface area contributed by atoms with Crippen molar-refractivity contribution in [3.63, 3.8) is 0 Å². The van der Waals surface area contributed by atoms with E-state index in [2.05, 4.69) is 6.92 Å². The van der Waals surface area contributed by atoms with E-state index in [0.29, 0.717) is 0 Å². The molecule has 1 aromatic rings. The lowest BCUT2D eigenvalue weighted by molar-refractivity contribution is -0.107. The number of carbonyl (C=O) groups is 2. The monoisotopic (exact) mass is 262 g/mol. The van der Waals surface area contributed by atoms with Crippen molar-refractivity contribution in [1.82, 2.24) is 0 Å². The minimum atomic E-state index is 0.121. The Morgan fingerprint density at radius 1 is 1.00 bits per heavy atom. The number of benzene rings is 1. The Bertz CT molecular complexity index is 330. The Labute approximate surface area is 117 Å². The number of carbonyl (C=O) groups excluding carboxylic acids is 2. The quantitative estimate of drug-likeness (QED) is 0.382. The molecule has 19 heavy (non-hydrogen) atoms. The lowest BCUT2D eigenvalue weighted by Gasteiger charge is -1.95. The maximum absolute atomic E-state index is 10.6. The van der Waals surface area contributed by atoms with Crippen molar-refractivity contribution in [2.75, 3.05) is 0 Å². The Morgan fingerprint density at radius 2 is 1.58 bits per heavy atom. The van der Waals surface area contributed by atoms with Crippen molar-refractivity contribution >= 4 is 12.1 Å². The fourth-order valence-electron chi connectivity index (χ4n) is 1.68. The maximum atomic E-state index is 10.6. The third kappa shape index (κ3) is 11.4. The van der Waals surface area contributed by atoms with E-state index in [1.807, 2.05) is 30.3 Å². The lowest BCUT2D eigenvalue weighted by Crippen LogP contribution is -1.88. The largest absolute Gasteiger partial charge is 0.303 e. The topological polar surface area (TPSA) is 34.1 Å². The number of aldehydes is 1. The molecule has 0 aliphatic carbocycles. The highest BCUT2D eigenvalue weighted by Crippen LogP contribution is 2.05. The predicted molar refractivity (Wildman–Crippen MR) is 80.5 cm³/mol. The molecule has 0 amide bonds. The fraction of sp³-hybridized carbons (Fsp3) is 0.529. The van der Waals surface area contributed by atoms with Gasteiger partial charge in [0.1, 0.15) is 6.29 Å². The first-order chi connectivity index (χ1) is 9.22. The first-order valence-corrected chi connectivity index (χ1v) is 7.22. The molecule has 0 fully saturated rings. The van der Waals surface area contributed by atoms with Crippen LogP contribution >= 0.6 is 0 Å². The summed E-state index contributed by atoms with van der Waals surface area (Å²) in [5.74, 6) is 0.121. The van der Waals surface area contributed by atoms with E-state index in [-0.39, 0.29) is 5.78 Å². The first-order valence-electron chi connectivity index (χ1n) is 7.22. The Hall–Kier alpha value is -1.44. The molecule has 2 heteroatoms. The summed E-state index contributed by atoms with van der Waals surface area (Å²) < 4.78 is 0. The molecular weight excluding hydrogens is 236 g/mol. The van der Waals surface area contributed by atoms with Gasteiger partial charge in [-0.25, -0.2) is 0 Å². The van der Waals surface area contributed by atoms with Crippen LogP contribution in [-0.4, -0.2) is 12.1 Å². The zero-order valence-corrected chi connectivity index (χ0v) is 12.2. The smallest absolute Gasteiger partial charge is 0.159 e. The molecule has 0 saturated heterocycles. The molecule has 1 aromatic carbocycles. The molecule has 0 heterocycles. The molecule has 2 nitrogen and oxygen atoms in total. The van der Waals surface area contributed by atoms with Crippen molar-refractivity contribution in [1.29, 1.82) is 0 Å². The van der Waals surface area contributed by atoms with Crippen LogP contribution in [0.5, 0.6) is 0 Å². The molecule has 0 atom stereocenters. The summed E-state index contributed by atoms with van der Waals surface area (Å²) in [7, 11) is 0. The van der Waals surface area contributed by atoms with Gasteiger partial charge in [-0.2, -0.15) is 0 Å². The Balaban J connectivity index is 0.000000342. The summed E-state index contributed by atoms with van der Waals surface area (Å²) in [6, 6.07) is 9.23. The van der Waals surface area contributed by atoms with Gasteiger partial charge in [-0.1, -0.05) is 69.4 Å². The van der Waals surface area contributed by atoms with Crippen LogP contribution in [0.2, 0.25) is 0 Å². The van der Waals surface area contributed by atoms with Crippen molar-refractivity contribution in [2.45, 2.75) is 58.8 Å². The highest BCUT2D eigenvalue weighted by atomic mass is 16.1. The van der Waals surface area contributed by atoms with E-state index in [0.717, 1.165) is 24.7 Å². The van der Waals surface area contributed by atoms with E-state index < -0.39 is 0 Å². The van der Waals surface area contributed by atoms with E-state index in [1.165, 1.54) is 32.1 Å². The molecule has 0 radical (unpaired) electrons. The molecule has 0 N–H and O–H groups in total. The van der Waals surface area contributed by atoms with E-state index in [9.17, 15) is 9.59 Å². The lowest BCUT2D eigenvalue weighted by atomic mass is 10.1. The van der Waals surface area contributed by atoms with Crippen LogP contribution in [0.15, 0.2) is 30.3 Å². The standard InChI is InChI=1S/C9H18O.C8H8O/c1-2-3-4-5-6-7-8-9-10;1-7(9)8-5-3-2-4-6-8/h9H,2-8H2,1H3;2-6H,1H3. The molecule has 106 valence electrons. The van der Waals surface area contributed by atoms with Crippen LogP contribution < -0.4 is 0 Å². The second-order valence-electron chi connectivity index (χ2n) is 4.65. The second kappa shape index (κ2) is 13.0. The second-order valence-corrected chi connectivity index (χ2v) is 4.65. The molecule has 0 spiro atoms. The molecule has 0 aromatic heterocycles. The van der Waals surface area contributed by atoms with Crippen LogP contribution in [0.1, 0.15) is 69.2 Å². The van der Waals surface area contributed by atoms with Gasteiger partial charge in [0.05, 0.1) is 0 Å². The zero-order valence-electron chi connectivity index (χ0n) is 12.2. The van der Waals surface area contributed by atoms with Crippen molar-refractivity contribution < 1.29 is 9.59 Å². The van der Waals surface area contributed by atoms with Gasteiger partial charge in [0.2, 0.25) is 0 Å². The van der Waals surface area contributed by atoms with Gasteiger partial charge in [0, 0.05) is 12.0 Å². The fourth-order valence-corrected chi connectivity index (χ4v) is 1.68. The minimum Gasteiger partial charge on any atom is -0.303 e. The van der Waals surface area contributed by atoms with Gasteiger partial charge in [0.15, 0.2) is 5.78 Å². The van der Waals surface area contributed by atoms with Crippen molar-refractivity contribution in [3.8, 4) is 0 Å². The summed E-state index contributed by atoms with van der Waals surface area (Å²) in [5.41, 5.74) is 0.775. The van der Waals surface area contributed by atoms with Crippen molar-refractivity contribution in [2.24, 2.45) is 0 Å². The minimum absolute atomic E-state index is 0.121. The van der Waals surface area contributed by atoms with Crippen molar-refractivity contribution in [3.05, 3.63) is 35.9 Å². The third-order valence-corrected chi connectivity index (χ3v) is 2.86. The number of unbranched alkanes of at least 4 members (excludes halogenated alkanes) is 6. The van der Waals surface area contributed by atoms with Crippen LogP contribution in [0.25, 0.3) is 0 Å². The number of hydrogen-bond donors (Lipinski definition) is 0. The number of ketones is 1. The number of hydrogen-bond acceptors (Lipinski definition) is 2. The van der Waals surface area contributed by atoms with Gasteiger partial charge >= 0.3 is 0 Å². The Morgan fingerprint density at radius 3 is 2.05 bits per heavy atom. The van der Waals surface area contributed by atoms with Crippen LogP contribution in [0, 0.1) is 0 Å². The first kappa shape index (κ1) is 17.6. The van der Waals surface area contributed by atoms with Crippen LogP contribution in [0.3, 0.4) is 0 Å². The average molecular weight is 262 g/mol. The van der Waals surface area contributed by atoms with Crippen LogP contribution in [-0.2, 0) is 4.79 Å². The number of Topliss-reactive ketones (excluding diaryl/α,β-unsaturated/α-hetero) is 1. The summed E-state index contributed by atoms with van der Waals surface area (Å²) in [6.45, 7) is 3.78. The van der Waals surface area contributed by atoms with Crippen LogP contribution in [0.4, 0.5) is 0 Å². The van der Waals surface area contributed by atoms with E-state index in [4.69, 9.17) is 0 Å². The third-order valence-electron chi connectivity index (χ3n) is 2.86. The highest BCUT2D eigenvalue weighted by molar-refractivity contribution is 5.93. The zero-order chi connectivity index (χ0) is 14.3. The summed E-state index contributed by atoms with van der Waals surface area (Å²) >= 11 is 0. The summed E-state index contributed by atoms with van der Waals surface area (Å²) in [5, 5.41) is 0. The SMILES string of the molecule is CC(=O)c1ccccc1.CCCCCCCCC=O. The van der Waals surface area contributed by atoms with E-state index in [1.54, 1.807) is 6.92 Å². The average Bonchev–Trinajstić information content (AvgIpc) is 2.44. The van der Waals surface area contributed by atoms with Gasteiger partial charge in [-0.05, 0) is 13.3 Å². The number of rotatable bonds is 8. The molecule has 1 rings (SSSR count). The Kier molecular flexibility index (Phi) is 12.0. The van der Waals surface area contributed by atoms with Gasteiger partial charge in [-0.3, -0.25) is 4.79 Å². The van der Waals surface area contributed by atoms with Gasteiger partial charge in [-0.15, -0.1) is 0 Å². The summed E-state index contributed by atoms with van der Waals surface area (Å²) in [6.07, 6.45) is 9.39. The normalized spacial score (nSPS) is 9.37. The van der Waals surface area contributed by atoms with Gasteiger partial charge in [0.25, 0.3) is 0 Å². The maximum Gasteiger partial charge on any atom is 0.159 e. The van der Waals surface area contributed by atoms with Gasteiger partial charge < -0.3 is 4.79 Å². The molecule has 0 aliphatic heterocycles. The highest BCUT2D eigenvalue weighted by Gasteiger charge is 1.92. The molecule has 0 aliphatic rings. The van der Waals surface area contributed by atoms with E-state index >= 15 is 0 Å². The molecular formula is C17H26O2. The molecule has 0 bridgehead atoms. The molecule has 0 saturated carbocycles. The molecule has 0 unspecified atom stereocenters. The predicted octanol–water partition coefficient (Wildman–Crippen LogP) is 4.83. The summed E-state index contributed by atoms with van der Waals surface area (Å²) in [4.78, 5) is 20.5.